The van der Waals surface area contributed by atoms with E-state index in [1.165, 1.54) is 50.7 Å². The molecule has 352 valence electrons. The number of nitrogens with one attached hydrogen (secondary N) is 2. The fourth-order valence-corrected chi connectivity index (χ4v) is 7.90. The number of terminal acetylenes is 1. The van der Waals surface area contributed by atoms with Gasteiger partial charge in [-0.25, -0.2) is 19.1 Å². The molecule has 1 aliphatic heterocycles. The molecular formula is C42H52FN6O15P. The van der Waals surface area contributed by atoms with Crippen molar-refractivity contribution in [1.82, 2.24) is 24.6 Å². The van der Waals surface area contributed by atoms with E-state index < -0.39 is 104 Å². The molecule has 0 radical (unpaired) electrons. The molecule has 4 aromatic rings. The summed E-state index contributed by atoms with van der Waals surface area (Å²) < 4.78 is 80.5. The van der Waals surface area contributed by atoms with Crippen molar-refractivity contribution >= 4 is 48.7 Å². The summed E-state index contributed by atoms with van der Waals surface area (Å²) in [5.74, 6) is -1.46. The number of rotatable bonds is 21. The molecule has 1 aromatic carbocycles. The van der Waals surface area contributed by atoms with Gasteiger partial charge >= 0.3 is 43.6 Å². The number of hydrogen-bond acceptors (Lipinski definition) is 18. The Balaban J connectivity index is 1.37. The van der Waals surface area contributed by atoms with E-state index in [0.29, 0.717) is 0 Å². The second-order valence-corrected chi connectivity index (χ2v) is 17.7. The number of aryl methyl sites for hydroxylation is 1. The van der Waals surface area contributed by atoms with E-state index in [1.807, 2.05) is 13.8 Å². The maximum absolute atomic E-state index is 15.2. The normalized spacial score (nSPS) is 18.7. The van der Waals surface area contributed by atoms with Crippen molar-refractivity contribution in [2.45, 2.75) is 111 Å². The molecule has 5 atom stereocenters. The first kappa shape index (κ1) is 49.9. The van der Waals surface area contributed by atoms with E-state index in [9.17, 15) is 28.5 Å². The summed E-state index contributed by atoms with van der Waals surface area (Å²) in [6.07, 6.45) is 4.52. The molecule has 1 saturated heterocycles. The molecule has 3 aromatic heterocycles. The van der Waals surface area contributed by atoms with Gasteiger partial charge in [-0.2, -0.15) is 19.4 Å². The van der Waals surface area contributed by atoms with Gasteiger partial charge in [-0.3, -0.25) is 24.2 Å². The smallest absolute Gasteiger partial charge is 0.464 e. The van der Waals surface area contributed by atoms with Crippen molar-refractivity contribution in [3.8, 4) is 18.1 Å². The van der Waals surface area contributed by atoms with Gasteiger partial charge in [0.1, 0.15) is 30.0 Å². The van der Waals surface area contributed by atoms with Gasteiger partial charge in [0.05, 0.1) is 31.9 Å². The van der Waals surface area contributed by atoms with Crippen LogP contribution < -0.4 is 20.8 Å². The number of imidazole rings is 1. The van der Waals surface area contributed by atoms with Crippen LogP contribution in [0.2, 0.25) is 0 Å². The maximum atomic E-state index is 15.2. The fourth-order valence-electron chi connectivity index (χ4n) is 6.37. The predicted molar refractivity (Wildman–Crippen MR) is 225 cm³/mol. The molecule has 21 nitrogen and oxygen atoms in total. The summed E-state index contributed by atoms with van der Waals surface area (Å²) in [5, 5.41) is 4.93. The zero-order valence-corrected chi connectivity index (χ0v) is 38.0. The van der Waals surface area contributed by atoms with Crippen LogP contribution in [0.3, 0.4) is 0 Å². The molecule has 2 unspecified atom stereocenters. The topological polar surface area (TPSA) is 261 Å². The molecule has 4 heterocycles. The highest BCUT2D eigenvalue weighted by Gasteiger charge is 2.55. The highest BCUT2D eigenvalue weighted by molar-refractivity contribution is 7.52. The zero-order valence-electron chi connectivity index (χ0n) is 37.1. The number of para-hydroxylation sites is 1. The first-order chi connectivity index (χ1) is 30.7. The Morgan fingerprint density at radius 2 is 1.78 bits per heavy atom. The lowest BCUT2D eigenvalue weighted by Crippen LogP contribution is -2.48. The number of esters is 3. The molecule has 65 heavy (non-hydrogen) atoms. The number of halogens is 1. The molecule has 0 bridgehead atoms. The van der Waals surface area contributed by atoms with E-state index in [2.05, 4.69) is 31.3 Å². The van der Waals surface area contributed by atoms with Crippen LogP contribution in [0.4, 0.5) is 15.0 Å². The minimum atomic E-state index is -4.54. The molecule has 5 rings (SSSR count). The van der Waals surface area contributed by atoms with Gasteiger partial charge in [-0.15, -0.1) is 6.42 Å². The lowest BCUT2D eigenvalue weighted by molar-refractivity contribution is -0.162. The van der Waals surface area contributed by atoms with Gasteiger partial charge in [0.25, 0.3) is 0 Å². The summed E-state index contributed by atoms with van der Waals surface area (Å²) in [6.45, 7) is 11.5. The van der Waals surface area contributed by atoms with Gasteiger partial charge in [0.2, 0.25) is 0 Å². The van der Waals surface area contributed by atoms with Crippen LogP contribution in [-0.2, 0) is 53.8 Å². The number of benzene rings is 1. The Hall–Kier alpha value is -6.14. The third-order valence-electron chi connectivity index (χ3n) is 10.1. The molecule has 0 aliphatic carbocycles. The van der Waals surface area contributed by atoms with E-state index in [0.717, 1.165) is 12.8 Å². The van der Waals surface area contributed by atoms with Crippen molar-refractivity contribution < 1.29 is 69.7 Å². The lowest BCUT2D eigenvalue weighted by Gasteiger charge is -2.32. The average Bonchev–Trinajstić information content (AvgIpc) is 3.92. The summed E-state index contributed by atoms with van der Waals surface area (Å²) in [6, 6.07) is 5.70. The van der Waals surface area contributed by atoms with Gasteiger partial charge in [-0.05, 0) is 45.7 Å². The number of aromatic nitrogens is 4. The lowest BCUT2D eigenvalue weighted by atomic mass is 9.95. The highest BCUT2D eigenvalue weighted by Crippen LogP contribution is 2.48. The maximum Gasteiger partial charge on any atom is 0.519 e. The predicted octanol–water partition coefficient (Wildman–Crippen LogP) is 5.95. The number of amides is 1. The van der Waals surface area contributed by atoms with Gasteiger partial charge in [-0.1, -0.05) is 64.7 Å². The third-order valence-corrected chi connectivity index (χ3v) is 11.8. The van der Waals surface area contributed by atoms with E-state index in [4.69, 9.17) is 48.0 Å². The van der Waals surface area contributed by atoms with Crippen LogP contribution in [0.5, 0.6) is 5.75 Å². The van der Waals surface area contributed by atoms with E-state index in [-0.39, 0.29) is 47.6 Å². The standard InChI is InChI=1S/C42H52FN6O15P/c1-10-27(11-2)19-57-37(52)25(6)48-65(55,64-28-16-14-13-15-17-28)59-22-42(12-3)33(62-36(51)24(4)5)29(20-58-42)49-23-44-32-34(45-38(43)47-35(32)49)46-39(53)63-41(8,9)18-31(50)56-21-30-26(7)60-40(54)61-30/h3,13-17,23-25,27,29,33H,10-11,18-22H2,1-2,4-9H3,(H,48,55)(H,45,46,47,53)/t25-,29?,33-,42+,65?/m0/s1. The van der Waals surface area contributed by atoms with Gasteiger partial charge in [0, 0.05) is 0 Å². The van der Waals surface area contributed by atoms with Crippen molar-refractivity contribution in [3.63, 3.8) is 0 Å². The molecule has 1 fully saturated rings. The molecule has 0 saturated carbocycles. The second-order valence-electron chi connectivity index (χ2n) is 16.0. The van der Waals surface area contributed by atoms with Crippen LogP contribution in [0, 0.1) is 37.2 Å². The number of fused-ring (bicyclic) bond motifs is 1. The van der Waals surface area contributed by atoms with Crippen molar-refractivity contribution in [1.29, 1.82) is 0 Å². The second kappa shape index (κ2) is 21.2. The van der Waals surface area contributed by atoms with Crippen LogP contribution in [0.25, 0.3) is 11.2 Å². The minimum Gasteiger partial charge on any atom is -0.464 e. The zero-order chi connectivity index (χ0) is 47.7. The van der Waals surface area contributed by atoms with Crippen LogP contribution in [-0.4, -0.2) is 86.7 Å². The monoisotopic (exact) mass is 930 g/mol. The Labute approximate surface area is 373 Å². The molecule has 0 spiro atoms. The fraction of sp³-hybridized carbons (Fsp3) is 0.524. The Bertz CT molecular complexity index is 2480. The highest BCUT2D eigenvalue weighted by atomic mass is 31.2. The minimum absolute atomic E-state index is 0.00526. The number of anilines is 1. The molecule has 1 aliphatic rings. The van der Waals surface area contributed by atoms with Crippen molar-refractivity contribution in [2.75, 3.05) is 25.1 Å². The molecule has 1 amide bonds. The number of hydrogen-bond donors (Lipinski definition) is 2. The average molecular weight is 931 g/mol. The Morgan fingerprint density at radius 3 is 2.42 bits per heavy atom. The molecule has 23 heteroatoms. The Kier molecular flexibility index (Phi) is 16.3. The van der Waals surface area contributed by atoms with Crippen LogP contribution in [0.1, 0.15) is 85.3 Å². The quantitative estimate of drug-likeness (QED) is 0.0321. The first-order valence-electron chi connectivity index (χ1n) is 20.6. The van der Waals surface area contributed by atoms with E-state index in [1.54, 1.807) is 32.0 Å². The van der Waals surface area contributed by atoms with Gasteiger partial charge in [0.15, 0.2) is 46.8 Å². The SMILES string of the molecule is C#C[C@]1(COP(=O)(N[C@@H](C)C(=O)OCC(CC)CC)Oc2ccccc2)OCC(n2cnc3c(NC(=O)OC(C)(C)CC(=O)OCc4oc(=O)oc4C)nc(F)nc32)[C@@H]1OC(=O)C(C)C. The third kappa shape index (κ3) is 12.8. The van der Waals surface area contributed by atoms with Gasteiger partial charge < -0.3 is 41.6 Å². The molecule has 2 N–H and O–H groups in total. The first-order valence-corrected chi connectivity index (χ1v) is 22.2. The van der Waals surface area contributed by atoms with Crippen LogP contribution >= 0.6 is 7.75 Å². The summed E-state index contributed by atoms with van der Waals surface area (Å²) in [4.78, 5) is 75.2. The largest absolute Gasteiger partial charge is 0.519 e. The number of ether oxygens (including phenoxy) is 5. The van der Waals surface area contributed by atoms with Crippen LogP contribution in [0.15, 0.2) is 50.3 Å². The molecular weight excluding hydrogens is 878 g/mol. The van der Waals surface area contributed by atoms with Crippen molar-refractivity contribution in [3.05, 3.63) is 64.9 Å². The summed E-state index contributed by atoms with van der Waals surface area (Å²) in [7, 11) is -4.54. The summed E-state index contributed by atoms with van der Waals surface area (Å²) >= 11 is 0. The number of carbonyl (C=O) groups is 4. The van der Waals surface area contributed by atoms with Crippen molar-refractivity contribution in [2.24, 2.45) is 11.8 Å². The number of carbonyl (C=O) groups excluding carboxylic acids is 4. The van der Waals surface area contributed by atoms with E-state index >= 15 is 4.39 Å². The summed E-state index contributed by atoms with van der Waals surface area (Å²) in [5.41, 5.74) is -3.81. The Morgan fingerprint density at radius 1 is 1.08 bits per heavy atom. The number of nitrogens with zero attached hydrogens (tertiary/aromatic N) is 4.